The van der Waals surface area contributed by atoms with E-state index >= 15 is 0 Å². The third-order valence-corrected chi connectivity index (χ3v) is 5.52. The van der Waals surface area contributed by atoms with Crippen molar-refractivity contribution in [3.8, 4) is 0 Å². The monoisotopic (exact) mass is 348 g/mol. The fourth-order valence-corrected chi connectivity index (χ4v) is 3.68. The molecule has 0 nitrogen and oxygen atoms in total. The van der Waals surface area contributed by atoms with Crippen LogP contribution in [-0.2, 0) is 0 Å². The Hall–Kier alpha value is -0.520. The van der Waals surface area contributed by atoms with Gasteiger partial charge in [-0.3, -0.25) is 0 Å². The lowest BCUT2D eigenvalue weighted by molar-refractivity contribution is 0.282. The van der Waals surface area contributed by atoms with Gasteiger partial charge in [-0.1, -0.05) is 103 Å². The summed E-state index contributed by atoms with van der Waals surface area (Å²) in [5.41, 5.74) is 0.563. The minimum atomic E-state index is 0.563. The Labute approximate surface area is 160 Å². The predicted octanol–water partition coefficient (Wildman–Crippen LogP) is 9.41. The Bertz CT molecular complexity index is 258. The SMILES string of the molecule is C=CCCCCCCCCCC(C)(C)CCCCCCCCCC=C. The number of hydrogen-bond donors (Lipinski definition) is 0. The van der Waals surface area contributed by atoms with Crippen LogP contribution in [0.25, 0.3) is 0 Å². The molecule has 0 aromatic carbocycles. The van der Waals surface area contributed by atoms with Crippen LogP contribution in [0.4, 0.5) is 0 Å². The molecule has 148 valence electrons. The summed E-state index contributed by atoms with van der Waals surface area (Å²) in [6.45, 7) is 12.5. The summed E-state index contributed by atoms with van der Waals surface area (Å²) in [6, 6.07) is 0. The summed E-state index contributed by atoms with van der Waals surface area (Å²) in [5, 5.41) is 0. The third kappa shape index (κ3) is 19.7. The largest absolute Gasteiger partial charge is 0.103 e. The second-order valence-corrected chi connectivity index (χ2v) is 8.77. The fraction of sp³-hybridized carbons (Fsp3) is 0.840. The Morgan fingerprint density at radius 2 is 0.760 bits per heavy atom. The van der Waals surface area contributed by atoms with Crippen molar-refractivity contribution in [3.63, 3.8) is 0 Å². The summed E-state index contributed by atoms with van der Waals surface area (Å²) in [6.07, 6.45) is 29.1. The van der Waals surface area contributed by atoms with E-state index in [0.29, 0.717) is 5.41 Å². The quantitative estimate of drug-likeness (QED) is 0.152. The molecule has 0 aliphatic carbocycles. The Kier molecular flexibility index (Phi) is 17.9. The van der Waals surface area contributed by atoms with Gasteiger partial charge in [0.2, 0.25) is 0 Å². The minimum absolute atomic E-state index is 0.563. The van der Waals surface area contributed by atoms with Gasteiger partial charge in [0.15, 0.2) is 0 Å². The van der Waals surface area contributed by atoms with Crippen molar-refractivity contribution in [2.45, 2.75) is 129 Å². The van der Waals surface area contributed by atoms with Crippen LogP contribution >= 0.6 is 0 Å². The molecule has 0 spiro atoms. The zero-order chi connectivity index (χ0) is 18.6. The number of allylic oxidation sites excluding steroid dienone is 2. The van der Waals surface area contributed by atoms with Gasteiger partial charge in [0.25, 0.3) is 0 Å². The van der Waals surface area contributed by atoms with Crippen LogP contribution in [0, 0.1) is 5.41 Å². The molecule has 0 saturated carbocycles. The van der Waals surface area contributed by atoms with E-state index in [4.69, 9.17) is 0 Å². The van der Waals surface area contributed by atoms with Crippen LogP contribution < -0.4 is 0 Å². The van der Waals surface area contributed by atoms with Crippen molar-refractivity contribution in [2.24, 2.45) is 5.41 Å². The predicted molar refractivity (Wildman–Crippen MR) is 117 cm³/mol. The minimum Gasteiger partial charge on any atom is -0.103 e. The summed E-state index contributed by atoms with van der Waals surface area (Å²) >= 11 is 0. The van der Waals surface area contributed by atoms with Crippen LogP contribution in [0.5, 0.6) is 0 Å². The van der Waals surface area contributed by atoms with Crippen LogP contribution in [0.15, 0.2) is 25.3 Å². The van der Waals surface area contributed by atoms with E-state index in [1.54, 1.807) is 0 Å². The maximum Gasteiger partial charge on any atom is -0.0353 e. The lowest BCUT2D eigenvalue weighted by Crippen LogP contribution is -2.11. The van der Waals surface area contributed by atoms with E-state index in [1.807, 2.05) is 12.2 Å². The fourth-order valence-electron chi connectivity index (χ4n) is 3.68. The molecule has 0 fully saturated rings. The molecule has 0 rings (SSSR count). The second-order valence-electron chi connectivity index (χ2n) is 8.77. The van der Waals surface area contributed by atoms with Crippen molar-refractivity contribution in [1.29, 1.82) is 0 Å². The van der Waals surface area contributed by atoms with Crippen LogP contribution in [0.1, 0.15) is 129 Å². The van der Waals surface area contributed by atoms with E-state index in [-0.39, 0.29) is 0 Å². The first-order chi connectivity index (χ1) is 12.1. The van der Waals surface area contributed by atoms with Crippen molar-refractivity contribution in [1.82, 2.24) is 0 Å². The Morgan fingerprint density at radius 1 is 0.480 bits per heavy atom. The topological polar surface area (TPSA) is 0 Å². The molecule has 0 aromatic rings. The molecular weight excluding hydrogens is 300 g/mol. The first-order valence-corrected chi connectivity index (χ1v) is 11.3. The molecule has 0 saturated heterocycles. The Balaban J connectivity index is 3.34. The first kappa shape index (κ1) is 24.5. The molecule has 0 aliphatic rings. The summed E-state index contributed by atoms with van der Waals surface area (Å²) in [5.74, 6) is 0. The summed E-state index contributed by atoms with van der Waals surface area (Å²) < 4.78 is 0. The highest BCUT2D eigenvalue weighted by atomic mass is 14.2. The molecule has 25 heavy (non-hydrogen) atoms. The van der Waals surface area contributed by atoms with E-state index in [0.717, 1.165) is 0 Å². The van der Waals surface area contributed by atoms with Gasteiger partial charge >= 0.3 is 0 Å². The Morgan fingerprint density at radius 3 is 1.08 bits per heavy atom. The lowest BCUT2D eigenvalue weighted by Gasteiger charge is -2.24. The maximum absolute atomic E-state index is 3.79. The molecule has 0 atom stereocenters. The summed E-state index contributed by atoms with van der Waals surface area (Å²) in [7, 11) is 0. The van der Waals surface area contributed by atoms with Crippen molar-refractivity contribution in [3.05, 3.63) is 25.3 Å². The van der Waals surface area contributed by atoms with Gasteiger partial charge in [-0.25, -0.2) is 0 Å². The molecule has 0 radical (unpaired) electrons. The molecule has 0 aromatic heterocycles. The van der Waals surface area contributed by atoms with Crippen molar-refractivity contribution in [2.75, 3.05) is 0 Å². The smallest absolute Gasteiger partial charge is 0.0353 e. The zero-order valence-corrected chi connectivity index (χ0v) is 17.8. The van der Waals surface area contributed by atoms with Crippen molar-refractivity contribution < 1.29 is 0 Å². The zero-order valence-electron chi connectivity index (χ0n) is 17.8. The van der Waals surface area contributed by atoms with Gasteiger partial charge in [0.1, 0.15) is 0 Å². The maximum atomic E-state index is 3.79. The van der Waals surface area contributed by atoms with Crippen LogP contribution in [0.2, 0.25) is 0 Å². The summed E-state index contributed by atoms with van der Waals surface area (Å²) in [4.78, 5) is 0. The molecule has 0 bridgehead atoms. The molecule has 0 unspecified atom stereocenters. The van der Waals surface area contributed by atoms with Gasteiger partial charge < -0.3 is 0 Å². The average molecular weight is 349 g/mol. The molecular formula is C25H48. The third-order valence-electron chi connectivity index (χ3n) is 5.52. The van der Waals surface area contributed by atoms with Gasteiger partial charge in [0.05, 0.1) is 0 Å². The molecule has 0 heteroatoms. The first-order valence-electron chi connectivity index (χ1n) is 11.3. The highest BCUT2D eigenvalue weighted by molar-refractivity contribution is 4.69. The molecule has 0 amide bonds. The average Bonchev–Trinajstić information content (AvgIpc) is 2.59. The number of unbranched alkanes of at least 4 members (excludes halogenated alkanes) is 14. The standard InChI is InChI=1S/C25H48/c1-5-7-9-11-13-15-17-19-21-23-25(3,4)24-22-20-18-16-14-12-10-8-6-2/h5-6H,1-2,7-24H2,3-4H3. The van der Waals surface area contributed by atoms with Gasteiger partial charge in [-0.05, 0) is 43.9 Å². The van der Waals surface area contributed by atoms with E-state index in [1.165, 1.54) is 116 Å². The normalized spacial score (nSPS) is 11.6. The van der Waals surface area contributed by atoms with E-state index in [2.05, 4.69) is 27.0 Å². The van der Waals surface area contributed by atoms with Gasteiger partial charge in [-0.15, -0.1) is 13.2 Å². The highest BCUT2D eigenvalue weighted by Crippen LogP contribution is 2.30. The van der Waals surface area contributed by atoms with Crippen LogP contribution in [0.3, 0.4) is 0 Å². The number of hydrogen-bond acceptors (Lipinski definition) is 0. The highest BCUT2D eigenvalue weighted by Gasteiger charge is 2.16. The van der Waals surface area contributed by atoms with E-state index in [9.17, 15) is 0 Å². The molecule has 0 N–H and O–H groups in total. The molecule has 0 aliphatic heterocycles. The van der Waals surface area contributed by atoms with Crippen LogP contribution in [-0.4, -0.2) is 0 Å². The molecule has 0 heterocycles. The second kappa shape index (κ2) is 18.3. The van der Waals surface area contributed by atoms with Crippen molar-refractivity contribution >= 4 is 0 Å². The number of rotatable bonds is 20. The van der Waals surface area contributed by atoms with Gasteiger partial charge in [-0.2, -0.15) is 0 Å². The van der Waals surface area contributed by atoms with E-state index < -0.39 is 0 Å². The van der Waals surface area contributed by atoms with Gasteiger partial charge in [0, 0.05) is 0 Å². The lowest BCUT2D eigenvalue weighted by atomic mass is 9.82.